The van der Waals surface area contributed by atoms with Crippen LogP contribution in [0.5, 0.6) is 0 Å². The summed E-state index contributed by atoms with van der Waals surface area (Å²) in [6, 6.07) is 0. The zero-order chi connectivity index (χ0) is 8.53. The molecule has 0 aromatic carbocycles. The Hall–Kier alpha value is -0.120. The van der Waals surface area contributed by atoms with E-state index in [0.717, 1.165) is 26.2 Å². The Labute approximate surface area is 68.8 Å². The van der Waals surface area contributed by atoms with Crippen molar-refractivity contribution in [2.75, 3.05) is 26.3 Å². The molecule has 0 aromatic rings. The van der Waals surface area contributed by atoms with Crippen molar-refractivity contribution in [1.82, 2.24) is 5.32 Å². The highest BCUT2D eigenvalue weighted by Gasteiger charge is 1.92. The van der Waals surface area contributed by atoms with E-state index in [1.807, 2.05) is 6.92 Å². The van der Waals surface area contributed by atoms with E-state index in [0.29, 0.717) is 6.54 Å². The van der Waals surface area contributed by atoms with Crippen molar-refractivity contribution in [3.63, 3.8) is 0 Å². The first kappa shape index (κ1) is 10.9. The van der Waals surface area contributed by atoms with E-state index in [4.69, 9.17) is 9.84 Å². The van der Waals surface area contributed by atoms with E-state index in [9.17, 15) is 0 Å². The summed E-state index contributed by atoms with van der Waals surface area (Å²) in [6.45, 7) is 6.95. The quantitative estimate of drug-likeness (QED) is 0.530. The minimum absolute atomic E-state index is 0.248. The van der Waals surface area contributed by atoms with Gasteiger partial charge in [0.15, 0.2) is 0 Å². The fraction of sp³-hybridized carbons (Fsp3) is 1.00. The van der Waals surface area contributed by atoms with Crippen molar-refractivity contribution in [3.05, 3.63) is 0 Å². The van der Waals surface area contributed by atoms with Crippen LogP contribution >= 0.6 is 0 Å². The Morgan fingerprint density at radius 2 is 2.27 bits per heavy atom. The lowest BCUT2D eigenvalue weighted by Gasteiger charge is -2.06. The Morgan fingerprint density at radius 1 is 1.55 bits per heavy atom. The second-order valence-corrected chi connectivity index (χ2v) is 2.60. The molecule has 0 spiro atoms. The highest BCUT2D eigenvalue weighted by molar-refractivity contribution is 4.51. The van der Waals surface area contributed by atoms with Gasteiger partial charge in [0, 0.05) is 19.8 Å². The lowest BCUT2D eigenvalue weighted by atomic mass is 10.4. The monoisotopic (exact) mass is 161 g/mol. The maximum Gasteiger partial charge on any atom is 0.0636 e. The second-order valence-electron chi connectivity index (χ2n) is 2.60. The van der Waals surface area contributed by atoms with E-state index in [1.165, 1.54) is 0 Å². The Morgan fingerprint density at radius 3 is 2.82 bits per heavy atom. The molecule has 0 aliphatic rings. The molecule has 0 aliphatic heterocycles. The van der Waals surface area contributed by atoms with Gasteiger partial charge in [-0.1, -0.05) is 0 Å². The van der Waals surface area contributed by atoms with Crippen molar-refractivity contribution in [2.45, 2.75) is 26.4 Å². The van der Waals surface area contributed by atoms with E-state index in [1.54, 1.807) is 6.92 Å². The highest BCUT2D eigenvalue weighted by Crippen LogP contribution is 1.81. The van der Waals surface area contributed by atoms with Gasteiger partial charge in [0.25, 0.3) is 0 Å². The van der Waals surface area contributed by atoms with Crippen LogP contribution in [0.2, 0.25) is 0 Å². The SMILES string of the molecule is CCOCCCNC[C@@H](C)O. The van der Waals surface area contributed by atoms with Crippen LogP contribution in [-0.2, 0) is 4.74 Å². The summed E-state index contributed by atoms with van der Waals surface area (Å²) in [5, 5.41) is 12.0. The lowest BCUT2D eigenvalue weighted by Crippen LogP contribution is -2.25. The summed E-state index contributed by atoms with van der Waals surface area (Å²) in [5.74, 6) is 0. The average molecular weight is 161 g/mol. The lowest BCUT2D eigenvalue weighted by molar-refractivity contribution is 0.142. The van der Waals surface area contributed by atoms with Gasteiger partial charge >= 0.3 is 0 Å². The minimum Gasteiger partial charge on any atom is -0.392 e. The number of hydrogen-bond donors (Lipinski definition) is 2. The normalized spacial score (nSPS) is 13.4. The zero-order valence-electron chi connectivity index (χ0n) is 7.47. The van der Waals surface area contributed by atoms with Gasteiger partial charge in [-0.25, -0.2) is 0 Å². The van der Waals surface area contributed by atoms with Crippen molar-refractivity contribution < 1.29 is 9.84 Å². The largest absolute Gasteiger partial charge is 0.392 e. The third-order valence-electron chi connectivity index (χ3n) is 1.29. The molecule has 0 rings (SSSR count). The summed E-state index contributed by atoms with van der Waals surface area (Å²) < 4.78 is 5.14. The van der Waals surface area contributed by atoms with Gasteiger partial charge in [-0.05, 0) is 26.8 Å². The fourth-order valence-electron chi connectivity index (χ4n) is 0.755. The predicted octanol–water partition coefficient (Wildman–Crippen LogP) is 0.383. The summed E-state index contributed by atoms with van der Waals surface area (Å²) in [4.78, 5) is 0. The van der Waals surface area contributed by atoms with Crippen LogP contribution in [0.25, 0.3) is 0 Å². The van der Waals surface area contributed by atoms with E-state index in [2.05, 4.69) is 5.32 Å². The molecule has 3 heteroatoms. The average Bonchev–Trinajstić information content (AvgIpc) is 1.96. The van der Waals surface area contributed by atoms with Crippen LogP contribution in [0, 0.1) is 0 Å². The molecular weight excluding hydrogens is 142 g/mol. The molecule has 0 bridgehead atoms. The smallest absolute Gasteiger partial charge is 0.0636 e. The number of hydrogen-bond acceptors (Lipinski definition) is 3. The van der Waals surface area contributed by atoms with Crippen LogP contribution in [0.3, 0.4) is 0 Å². The van der Waals surface area contributed by atoms with E-state index < -0.39 is 0 Å². The van der Waals surface area contributed by atoms with Crippen molar-refractivity contribution in [1.29, 1.82) is 0 Å². The molecule has 3 nitrogen and oxygen atoms in total. The molecule has 68 valence electrons. The van der Waals surface area contributed by atoms with Crippen LogP contribution in [0.1, 0.15) is 20.3 Å². The molecule has 0 radical (unpaired) electrons. The van der Waals surface area contributed by atoms with Gasteiger partial charge in [0.05, 0.1) is 6.10 Å². The van der Waals surface area contributed by atoms with Crippen LogP contribution < -0.4 is 5.32 Å². The van der Waals surface area contributed by atoms with Crippen molar-refractivity contribution in [2.24, 2.45) is 0 Å². The van der Waals surface area contributed by atoms with Gasteiger partial charge in [-0.15, -0.1) is 0 Å². The number of aliphatic hydroxyl groups is 1. The second kappa shape index (κ2) is 7.98. The molecule has 0 saturated carbocycles. The van der Waals surface area contributed by atoms with Gasteiger partial charge in [-0.3, -0.25) is 0 Å². The first-order valence-electron chi connectivity index (χ1n) is 4.24. The summed E-state index contributed by atoms with van der Waals surface area (Å²) in [5.41, 5.74) is 0. The van der Waals surface area contributed by atoms with Gasteiger partial charge in [-0.2, -0.15) is 0 Å². The first-order valence-corrected chi connectivity index (χ1v) is 4.24. The molecular formula is C8H19NO2. The Balaban J connectivity index is 2.80. The molecule has 0 aromatic heterocycles. The Bertz CT molecular complexity index is 76.5. The summed E-state index contributed by atoms with van der Waals surface area (Å²) >= 11 is 0. The van der Waals surface area contributed by atoms with E-state index in [-0.39, 0.29) is 6.10 Å². The standard InChI is InChI=1S/C8H19NO2/c1-3-11-6-4-5-9-7-8(2)10/h8-10H,3-7H2,1-2H3/t8-/m1/s1. The molecule has 0 fully saturated rings. The topological polar surface area (TPSA) is 41.5 Å². The van der Waals surface area contributed by atoms with Gasteiger partial charge < -0.3 is 15.2 Å². The predicted molar refractivity (Wildman–Crippen MR) is 45.7 cm³/mol. The number of nitrogens with one attached hydrogen (secondary N) is 1. The van der Waals surface area contributed by atoms with Crippen LogP contribution in [-0.4, -0.2) is 37.5 Å². The highest BCUT2D eigenvalue weighted by atomic mass is 16.5. The fourth-order valence-corrected chi connectivity index (χ4v) is 0.755. The Kier molecular flexibility index (Phi) is 7.89. The third-order valence-corrected chi connectivity index (χ3v) is 1.29. The van der Waals surface area contributed by atoms with Crippen LogP contribution in [0.4, 0.5) is 0 Å². The minimum atomic E-state index is -0.248. The van der Waals surface area contributed by atoms with Crippen LogP contribution in [0.15, 0.2) is 0 Å². The molecule has 11 heavy (non-hydrogen) atoms. The molecule has 0 amide bonds. The van der Waals surface area contributed by atoms with Gasteiger partial charge in [0.1, 0.15) is 0 Å². The zero-order valence-corrected chi connectivity index (χ0v) is 7.47. The molecule has 2 N–H and O–H groups in total. The third kappa shape index (κ3) is 9.88. The molecule has 1 atom stereocenters. The van der Waals surface area contributed by atoms with Crippen molar-refractivity contribution >= 4 is 0 Å². The number of rotatable bonds is 7. The first-order chi connectivity index (χ1) is 5.27. The number of aliphatic hydroxyl groups excluding tert-OH is 1. The molecule has 0 aliphatic carbocycles. The summed E-state index contributed by atoms with van der Waals surface area (Å²) in [6.07, 6.45) is 0.766. The molecule has 0 unspecified atom stereocenters. The number of ether oxygens (including phenoxy) is 1. The summed E-state index contributed by atoms with van der Waals surface area (Å²) in [7, 11) is 0. The molecule has 0 saturated heterocycles. The maximum atomic E-state index is 8.86. The van der Waals surface area contributed by atoms with Crippen molar-refractivity contribution in [3.8, 4) is 0 Å². The maximum absolute atomic E-state index is 8.86. The van der Waals surface area contributed by atoms with Gasteiger partial charge in [0.2, 0.25) is 0 Å². The molecule has 0 heterocycles. The van der Waals surface area contributed by atoms with E-state index >= 15 is 0 Å².